The third-order valence-electron chi connectivity index (χ3n) is 6.03. The molecule has 2 saturated heterocycles. The van der Waals surface area contributed by atoms with E-state index in [0.29, 0.717) is 13.2 Å². The van der Waals surface area contributed by atoms with Crippen molar-refractivity contribution in [3.63, 3.8) is 0 Å². The van der Waals surface area contributed by atoms with Gasteiger partial charge >= 0.3 is 0 Å². The molecule has 2 aliphatic rings. The van der Waals surface area contributed by atoms with Crippen molar-refractivity contribution in [2.45, 2.75) is 37.6 Å². The molecule has 2 fully saturated rings. The Labute approximate surface area is 178 Å². The number of anilines is 1. The number of likely N-dealkylation sites (tertiary alicyclic amines) is 1. The molecule has 1 N–H and O–H groups in total. The van der Waals surface area contributed by atoms with E-state index in [1.807, 2.05) is 54.6 Å². The van der Waals surface area contributed by atoms with Gasteiger partial charge in [-0.3, -0.25) is 9.69 Å². The van der Waals surface area contributed by atoms with Gasteiger partial charge in [-0.1, -0.05) is 30.3 Å². The fraction of sp³-hybridized carbons (Fsp3) is 0.458. The smallest absolute Gasteiger partial charge is 0.238 e. The molecule has 0 unspecified atom stereocenters. The number of carbonyl (C=O) groups is 1. The maximum atomic E-state index is 12.5. The first-order chi connectivity index (χ1) is 14.7. The molecule has 2 atom stereocenters. The monoisotopic (exact) mass is 410 g/mol. The van der Waals surface area contributed by atoms with Gasteiger partial charge in [-0.05, 0) is 49.1 Å². The van der Waals surface area contributed by atoms with E-state index >= 15 is 0 Å². The zero-order valence-electron chi connectivity index (χ0n) is 17.5. The van der Waals surface area contributed by atoms with E-state index in [1.54, 1.807) is 7.11 Å². The number of methoxy groups -OCH3 is 1. The van der Waals surface area contributed by atoms with E-state index in [0.717, 1.165) is 56.0 Å². The Kier molecular flexibility index (Phi) is 6.67. The Morgan fingerprint density at radius 3 is 2.67 bits per heavy atom. The molecule has 6 nitrogen and oxygen atoms in total. The number of nitrogens with zero attached hydrogens (tertiary/aromatic N) is 1. The van der Waals surface area contributed by atoms with Gasteiger partial charge in [0, 0.05) is 32.5 Å². The fourth-order valence-corrected chi connectivity index (χ4v) is 4.38. The average molecular weight is 411 g/mol. The SMILES string of the molecule is CO[C@H]1CN(CC(=O)Nc2ccc(OCc3ccccc3)cc2)CC[C@]12CCCO2. The van der Waals surface area contributed by atoms with Gasteiger partial charge in [0.2, 0.25) is 5.91 Å². The lowest BCUT2D eigenvalue weighted by Crippen LogP contribution is -2.57. The van der Waals surface area contributed by atoms with Crippen LogP contribution in [0.3, 0.4) is 0 Å². The molecule has 160 valence electrons. The zero-order valence-corrected chi connectivity index (χ0v) is 17.5. The van der Waals surface area contributed by atoms with Gasteiger partial charge in [-0.25, -0.2) is 0 Å². The van der Waals surface area contributed by atoms with Crippen LogP contribution in [0.25, 0.3) is 0 Å². The van der Waals surface area contributed by atoms with Crippen LogP contribution < -0.4 is 10.1 Å². The Balaban J connectivity index is 1.25. The van der Waals surface area contributed by atoms with Gasteiger partial charge in [0.15, 0.2) is 0 Å². The van der Waals surface area contributed by atoms with Crippen LogP contribution in [0.15, 0.2) is 54.6 Å². The number of piperidine rings is 1. The van der Waals surface area contributed by atoms with E-state index in [4.69, 9.17) is 14.2 Å². The quantitative estimate of drug-likeness (QED) is 0.757. The summed E-state index contributed by atoms with van der Waals surface area (Å²) in [6, 6.07) is 17.5. The molecule has 2 aromatic rings. The van der Waals surface area contributed by atoms with E-state index < -0.39 is 0 Å². The van der Waals surface area contributed by atoms with Crippen LogP contribution in [0.1, 0.15) is 24.8 Å². The third-order valence-corrected chi connectivity index (χ3v) is 6.03. The highest BCUT2D eigenvalue weighted by Gasteiger charge is 2.46. The molecule has 6 heteroatoms. The van der Waals surface area contributed by atoms with Crippen molar-refractivity contribution in [2.24, 2.45) is 0 Å². The molecule has 0 bridgehead atoms. The van der Waals surface area contributed by atoms with Crippen LogP contribution in [0.4, 0.5) is 5.69 Å². The molecule has 0 saturated carbocycles. The summed E-state index contributed by atoms with van der Waals surface area (Å²) in [6.45, 7) is 3.25. The normalized spacial score (nSPS) is 24.1. The van der Waals surface area contributed by atoms with E-state index in [2.05, 4.69) is 10.2 Å². The van der Waals surface area contributed by atoms with Gasteiger partial charge in [0.1, 0.15) is 12.4 Å². The Morgan fingerprint density at radius 1 is 1.17 bits per heavy atom. The summed E-state index contributed by atoms with van der Waals surface area (Å²) in [5.74, 6) is 0.753. The number of benzene rings is 2. The van der Waals surface area contributed by atoms with Crippen molar-refractivity contribution in [2.75, 3.05) is 38.7 Å². The van der Waals surface area contributed by atoms with Gasteiger partial charge in [0.25, 0.3) is 0 Å². The molecule has 1 amide bonds. The second-order valence-electron chi connectivity index (χ2n) is 8.07. The number of hydrogen-bond donors (Lipinski definition) is 1. The largest absolute Gasteiger partial charge is 0.489 e. The summed E-state index contributed by atoms with van der Waals surface area (Å²) in [4.78, 5) is 14.7. The van der Waals surface area contributed by atoms with E-state index in [1.165, 1.54) is 0 Å². The summed E-state index contributed by atoms with van der Waals surface area (Å²) in [7, 11) is 1.74. The summed E-state index contributed by atoms with van der Waals surface area (Å²) in [5.41, 5.74) is 1.73. The minimum atomic E-state index is -0.155. The average Bonchev–Trinajstić information content (AvgIpc) is 3.24. The molecular weight excluding hydrogens is 380 g/mol. The highest BCUT2D eigenvalue weighted by molar-refractivity contribution is 5.92. The molecule has 2 heterocycles. The highest BCUT2D eigenvalue weighted by Crippen LogP contribution is 2.37. The lowest BCUT2D eigenvalue weighted by molar-refractivity contribution is -0.145. The van der Waals surface area contributed by atoms with Gasteiger partial charge in [-0.2, -0.15) is 0 Å². The summed E-state index contributed by atoms with van der Waals surface area (Å²) in [6.07, 6.45) is 3.06. The summed E-state index contributed by atoms with van der Waals surface area (Å²) < 4.78 is 17.5. The minimum Gasteiger partial charge on any atom is -0.489 e. The summed E-state index contributed by atoms with van der Waals surface area (Å²) >= 11 is 0. The molecule has 4 rings (SSSR count). The van der Waals surface area contributed by atoms with Crippen LogP contribution in [0.2, 0.25) is 0 Å². The number of hydrogen-bond acceptors (Lipinski definition) is 5. The molecule has 0 radical (unpaired) electrons. The van der Waals surface area contributed by atoms with Gasteiger partial charge in [-0.15, -0.1) is 0 Å². The second kappa shape index (κ2) is 9.60. The van der Waals surface area contributed by atoms with Crippen molar-refractivity contribution in [3.8, 4) is 5.75 Å². The first-order valence-corrected chi connectivity index (χ1v) is 10.6. The van der Waals surface area contributed by atoms with Crippen molar-refractivity contribution >= 4 is 11.6 Å². The first-order valence-electron chi connectivity index (χ1n) is 10.6. The van der Waals surface area contributed by atoms with Crippen LogP contribution in [0.5, 0.6) is 5.75 Å². The first kappa shape index (κ1) is 20.8. The highest BCUT2D eigenvalue weighted by atomic mass is 16.5. The minimum absolute atomic E-state index is 0.0163. The van der Waals surface area contributed by atoms with Gasteiger partial charge in [0.05, 0.1) is 18.2 Å². The predicted octanol–water partition coefficient (Wildman–Crippen LogP) is 3.47. The molecule has 0 aromatic heterocycles. The number of nitrogens with one attached hydrogen (secondary N) is 1. The lowest BCUT2D eigenvalue weighted by atomic mass is 9.86. The fourth-order valence-electron chi connectivity index (χ4n) is 4.38. The Bertz CT molecular complexity index is 819. The maximum absolute atomic E-state index is 12.5. The van der Waals surface area contributed by atoms with Crippen molar-refractivity contribution in [1.82, 2.24) is 4.90 Å². The topological polar surface area (TPSA) is 60.0 Å². The molecule has 2 aromatic carbocycles. The van der Waals surface area contributed by atoms with E-state index in [9.17, 15) is 4.79 Å². The third kappa shape index (κ3) is 5.01. The van der Waals surface area contributed by atoms with Crippen LogP contribution in [0, 0.1) is 0 Å². The lowest BCUT2D eigenvalue weighted by Gasteiger charge is -2.44. The van der Waals surface area contributed by atoms with Crippen molar-refractivity contribution < 1.29 is 19.0 Å². The molecule has 2 aliphatic heterocycles. The Hall–Kier alpha value is -2.41. The molecular formula is C24H30N2O4. The number of carbonyl (C=O) groups excluding carboxylic acids is 1. The number of ether oxygens (including phenoxy) is 3. The van der Waals surface area contributed by atoms with Crippen molar-refractivity contribution in [1.29, 1.82) is 0 Å². The van der Waals surface area contributed by atoms with Crippen LogP contribution in [-0.2, 0) is 20.9 Å². The number of rotatable bonds is 7. The van der Waals surface area contributed by atoms with Crippen LogP contribution >= 0.6 is 0 Å². The molecule has 0 aliphatic carbocycles. The number of amides is 1. The van der Waals surface area contributed by atoms with E-state index in [-0.39, 0.29) is 17.6 Å². The standard InChI is InChI=1S/C24H30N2O4/c1-28-22-16-26(14-13-24(22)12-5-15-30-24)17-23(27)25-20-8-10-21(11-9-20)29-18-19-6-3-2-4-7-19/h2-4,6-11,22H,5,12-18H2,1H3,(H,25,27)/t22-,24+/m0/s1. The maximum Gasteiger partial charge on any atom is 0.238 e. The van der Waals surface area contributed by atoms with Crippen LogP contribution in [-0.4, -0.2) is 55.9 Å². The molecule has 1 spiro atoms. The van der Waals surface area contributed by atoms with Crippen molar-refractivity contribution in [3.05, 3.63) is 60.2 Å². The summed E-state index contributed by atoms with van der Waals surface area (Å²) in [5, 5.41) is 2.98. The zero-order chi connectivity index (χ0) is 20.8. The Morgan fingerprint density at radius 2 is 1.97 bits per heavy atom. The predicted molar refractivity (Wildman–Crippen MR) is 116 cm³/mol. The second-order valence-corrected chi connectivity index (χ2v) is 8.07. The van der Waals surface area contributed by atoms with Gasteiger partial charge < -0.3 is 19.5 Å². The molecule has 30 heavy (non-hydrogen) atoms.